The summed E-state index contributed by atoms with van der Waals surface area (Å²) in [4.78, 5) is 0. The third-order valence-electron chi connectivity index (χ3n) is 0. The Bertz CT molecular complexity index is 208. The topological polar surface area (TPSA) is 155 Å². The van der Waals surface area contributed by atoms with Gasteiger partial charge in [-0.3, -0.25) is 17.5 Å². The summed E-state index contributed by atoms with van der Waals surface area (Å²) >= 11 is 0. The minimum absolute atomic E-state index is 0. The Balaban J connectivity index is -0.000000107. The molecule has 0 bridgehead atoms. The average molecular weight is 217 g/mol. The van der Waals surface area contributed by atoms with Gasteiger partial charge in [-0.25, -0.2) is 0 Å². The summed E-state index contributed by atoms with van der Waals surface area (Å²) in [6, 6.07) is 0. The fourth-order valence-electron chi connectivity index (χ4n) is 0. The van der Waals surface area contributed by atoms with Crippen molar-refractivity contribution >= 4 is 20.8 Å². The van der Waals surface area contributed by atoms with Crippen molar-refractivity contribution in [3.8, 4) is 0 Å². The third kappa shape index (κ3) is 1500. The Morgan fingerprint density at radius 3 is 0.909 bits per heavy atom. The van der Waals surface area contributed by atoms with Crippen LogP contribution in [-0.2, 0) is 20.8 Å². The molecule has 0 aromatic heterocycles. The van der Waals surface area contributed by atoms with Crippen LogP contribution in [0.4, 0.5) is 0 Å². The summed E-state index contributed by atoms with van der Waals surface area (Å²) in [6.45, 7) is 0. The zero-order chi connectivity index (χ0) is 9.00. The second kappa shape index (κ2) is 6.28. The van der Waals surface area contributed by atoms with Crippen LogP contribution in [0, 0.1) is 0 Å². The second-order valence-corrected chi connectivity index (χ2v) is 2.57. The van der Waals surface area contributed by atoms with E-state index in [1.807, 2.05) is 0 Å². The van der Waals surface area contributed by atoms with Gasteiger partial charge in [-0.15, -0.1) is 0 Å². The first-order valence-corrected chi connectivity index (χ1v) is 4.10. The van der Waals surface area contributed by atoms with E-state index in [0.29, 0.717) is 0 Å². The van der Waals surface area contributed by atoms with Crippen LogP contribution >= 0.6 is 0 Å². The van der Waals surface area contributed by atoms with Crippen LogP contribution in [-0.4, -0.2) is 35.0 Å². The van der Waals surface area contributed by atoms with Gasteiger partial charge in [0.2, 0.25) is 0 Å². The molecule has 0 aliphatic carbocycles. The molecule has 0 radical (unpaired) electrons. The maximum atomic E-state index is 8.74. The quantitative estimate of drug-likeness (QED) is 0.232. The van der Waals surface area contributed by atoms with Crippen LogP contribution in [0.3, 0.4) is 0 Å². The van der Waals surface area contributed by atoms with Gasteiger partial charge in [0.1, 0.15) is 0 Å². The van der Waals surface area contributed by atoms with Crippen molar-refractivity contribution in [3.63, 3.8) is 0 Å². The summed E-state index contributed by atoms with van der Waals surface area (Å²) < 4.78 is 65.7. The van der Waals surface area contributed by atoms with Crippen LogP contribution < -0.4 is 29.6 Å². The molecule has 0 unspecified atom stereocenters. The maximum absolute atomic E-state index is 8.74. The standard InChI is InChI=1S/Na.2H2O4S/c;2*1-5(2,3)4/h;2*(H2,1,2,3,4)/q+1;;/p-2. The summed E-state index contributed by atoms with van der Waals surface area (Å²) in [7, 11) is -9.83. The minimum Gasteiger partial charge on any atom is -0.759 e. The van der Waals surface area contributed by atoms with Gasteiger partial charge in [0, 0.05) is 10.4 Å². The van der Waals surface area contributed by atoms with Crippen molar-refractivity contribution in [1.82, 2.24) is 0 Å². The van der Waals surface area contributed by atoms with E-state index < -0.39 is 20.8 Å². The van der Waals surface area contributed by atoms with Crippen molar-refractivity contribution < 1.29 is 64.6 Å². The molecule has 0 rings (SSSR count). The first-order valence-electron chi connectivity index (χ1n) is 1.37. The fourth-order valence-corrected chi connectivity index (χ4v) is 0. The molecular weight excluding hydrogens is 215 g/mol. The Morgan fingerprint density at radius 2 is 0.909 bits per heavy atom. The SMILES string of the molecule is O=S(=O)(O)O.O=S(=O)([O-])[O-].[Na+]. The molecule has 0 heterocycles. The van der Waals surface area contributed by atoms with E-state index in [2.05, 4.69) is 0 Å². The zero-order valence-corrected chi connectivity index (χ0v) is 8.79. The normalized spacial score (nSPS) is 10.5. The van der Waals surface area contributed by atoms with Gasteiger partial charge in [-0.1, -0.05) is 0 Å². The van der Waals surface area contributed by atoms with Gasteiger partial charge < -0.3 is 9.11 Å². The Hall–Kier alpha value is 0.740. The van der Waals surface area contributed by atoms with Crippen molar-refractivity contribution in [2.24, 2.45) is 0 Å². The van der Waals surface area contributed by atoms with Crippen LogP contribution in [0.15, 0.2) is 0 Å². The summed E-state index contributed by atoms with van der Waals surface area (Å²) in [5, 5.41) is 0. The van der Waals surface area contributed by atoms with Gasteiger partial charge in [0.15, 0.2) is 0 Å². The molecule has 0 aliphatic heterocycles. The van der Waals surface area contributed by atoms with E-state index in [1.165, 1.54) is 0 Å². The molecule has 0 amide bonds. The van der Waals surface area contributed by atoms with Crippen LogP contribution in [0.25, 0.3) is 0 Å². The van der Waals surface area contributed by atoms with Crippen LogP contribution in [0.5, 0.6) is 0 Å². The van der Waals surface area contributed by atoms with Gasteiger partial charge >= 0.3 is 40.0 Å². The number of hydrogen-bond donors (Lipinski definition) is 2. The smallest absolute Gasteiger partial charge is 0.759 e. The van der Waals surface area contributed by atoms with Gasteiger partial charge in [-0.05, 0) is 0 Å². The molecule has 8 nitrogen and oxygen atoms in total. The zero-order valence-electron chi connectivity index (χ0n) is 5.16. The van der Waals surface area contributed by atoms with E-state index >= 15 is 0 Å². The number of hydrogen-bond acceptors (Lipinski definition) is 6. The Kier molecular flexibility index (Phi) is 10.1. The molecule has 0 atom stereocenters. The molecule has 11 heavy (non-hydrogen) atoms. The van der Waals surface area contributed by atoms with E-state index in [9.17, 15) is 0 Å². The molecule has 0 fully saturated rings. The van der Waals surface area contributed by atoms with Gasteiger partial charge in [0.25, 0.3) is 0 Å². The number of rotatable bonds is 0. The van der Waals surface area contributed by atoms with Crippen molar-refractivity contribution in [3.05, 3.63) is 0 Å². The molecule has 0 aromatic rings. The van der Waals surface area contributed by atoms with E-state index in [-0.39, 0.29) is 29.6 Å². The first kappa shape index (κ1) is 17.7. The summed E-state index contributed by atoms with van der Waals surface area (Å²) in [6.07, 6.45) is 0. The van der Waals surface area contributed by atoms with Crippen LogP contribution in [0.1, 0.15) is 0 Å². The van der Waals surface area contributed by atoms with Crippen molar-refractivity contribution in [2.75, 3.05) is 0 Å². The van der Waals surface area contributed by atoms with Crippen molar-refractivity contribution in [2.45, 2.75) is 0 Å². The molecule has 0 saturated heterocycles. The minimum atomic E-state index is -5.17. The summed E-state index contributed by atoms with van der Waals surface area (Å²) in [5.74, 6) is 0. The predicted molar refractivity (Wildman–Crippen MR) is 24.7 cm³/mol. The molecule has 0 aliphatic rings. The van der Waals surface area contributed by atoms with Crippen LogP contribution in [0.2, 0.25) is 0 Å². The Morgan fingerprint density at radius 1 is 0.909 bits per heavy atom. The summed E-state index contributed by atoms with van der Waals surface area (Å²) in [5.41, 5.74) is 0. The largest absolute Gasteiger partial charge is 1.00 e. The predicted octanol–water partition coefficient (Wildman–Crippen LogP) is -4.99. The van der Waals surface area contributed by atoms with E-state index in [4.69, 9.17) is 35.0 Å². The van der Waals surface area contributed by atoms with Gasteiger partial charge in [0.05, 0.1) is 0 Å². The molecule has 0 aromatic carbocycles. The molecule has 64 valence electrons. The molecule has 0 spiro atoms. The molecular formula is H2NaO8S2-. The first-order chi connectivity index (χ1) is 4.00. The Labute approximate surface area is 85.1 Å². The average Bonchev–Trinajstić information content (AvgIpc) is 1.12. The second-order valence-electron chi connectivity index (χ2n) is 0.856. The van der Waals surface area contributed by atoms with E-state index in [0.717, 1.165) is 0 Å². The molecule has 11 heteroatoms. The monoisotopic (exact) mass is 217 g/mol. The van der Waals surface area contributed by atoms with Gasteiger partial charge in [-0.2, -0.15) is 8.42 Å². The maximum Gasteiger partial charge on any atom is 1.00 e. The molecule has 0 saturated carbocycles. The van der Waals surface area contributed by atoms with E-state index in [1.54, 1.807) is 0 Å². The molecule has 2 N–H and O–H groups in total. The van der Waals surface area contributed by atoms with Crippen molar-refractivity contribution in [1.29, 1.82) is 0 Å². The fraction of sp³-hybridized carbons (Fsp3) is 0. The third-order valence-corrected chi connectivity index (χ3v) is 0.